The number of nitrogens with one attached hydrogen (secondary N) is 1. The van der Waals surface area contributed by atoms with E-state index in [1.165, 1.54) is 26.2 Å². The zero-order chi connectivity index (χ0) is 9.19. The van der Waals surface area contributed by atoms with Gasteiger partial charge in [-0.3, -0.25) is 4.90 Å². The van der Waals surface area contributed by atoms with Gasteiger partial charge >= 0.3 is 0 Å². The standard InChI is InChI=1S/C8H16N2.C2H6/c1-7(2)10-5-8(6-10)3-9-4-8;1-2/h7,9H,3-6H2,1-2H3;1-2H3. The van der Waals surface area contributed by atoms with Crippen molar-refractivity contribution in [3.63, 3.8) is 0 Å². The molecule has 2 heteroatoms. The third kappa shape index (κ3) is 1.64. The fourth-order valence-corrected chi connectivity index (χ4v) is 1.88. The Hall–Kier alpha value is -0.0800. The van der Waals surface area contributed by atoms with E-state index in [0.29, 0.717) is 5.41 Å². The lowest BCUT2D eigenvalue weighted by atomic mass is 9.74. The van der Waals surface area contributed by atoms with Gasteiger partial charge in [-0.25, -0.2) is 0 Å². The number of nitrogens with zero attached hydrogens (tertiary/aromatic N) is 1. The van der Waals surface area contributed by atoms with Gasteiger partial charge in [-0.2, -0.15) is 0 Å². The summed E-state index contributed by atoms with van der Waals surface area (Å²) >= 11 is 0. The van der Waals surface area contributed by atoms with E-state index in [1.807, 2.05) is 13.8 Å². The van der Waals surface area contributed by atoms with Crippen LogP contribution in [0.5, 0.6) is 0 Å². The van der Waals surface area contributed by atoms with Gasteiger partial charge in [0.25, 0.3) is 0 Å². The molecule has 0 aromatic heterocycles. The van der Waals surface area contributed by atoms with Crippen molar-refractivity contribution in [1.29, 1.82) is 0 Å². The van der Waals surface area contributed by atoms with E-state index in [4.69, 9.17) is 0 Å². The molecule has 0 amide bonds. The third-order valence-electron chi connectivity index (χ3n) is 2.81. The van der Waals surface area contributed by atoms with Gasteiger partial charge in [-0.05, 0) is 13.8 Å². The molecule has 2 heterocycles. The highest BCUT2D eigenvalue weighted by Gasteiger charge is 2.47. The predicted octanol–water partition coefficient (Wildman–Crippen LogP) is 1.33. The molecule has 0 aromatic rings. The first kappa shape index (κ1) is 10.0. The van der Waals surface area contributed by atoms with Crippen molar-refractivity contribution in [2.24, 2.45) is 5.41 Å². The van der Waals surface area contributed by atoms with Crippen molar-refractivity contribution >= 4 is 0 Å². The fourth-order valence-electron chi connectivity index (χ4n) is 1.88. The van der Waals surface area contributed by atoms with Crippen molar-refractivity contribution < 1.29 is 0 Å². The van der Waals surface area contributed by atoms with Crippen LogP contribution in [0.3, 0.4) is 0 Å². The van der Waals surface area contributed by atoms with Crippen molar-refractivity contribution in [3.8, 4) is 0 Å². The van der Waals surface area contributed by atoms with Gasteiger partial charge in [0, 0.05) is 37.6 Å². The summed E-state index contributed by atoms with van der Waals surface area (Å²) in [5.41, 5.74) is 0.713. The lowest BCUT2D eigenvalue weighted by Gasteiger charge is -2.57. The lowest BCUT2D eigenvalue weighted by molar-refractivity contribution is -0.0569. The smallest absolute Gasteiger partial charge is 0.0207 e. The number of likely N-dealkylation sites (tertiary alicyclic amines) is 1. The Bertz CT molecular complexity index is 131. The second kappa shape index (κ2) is 3.75. The maximum absolute atomic E-state index is 3.34. The van der Waals surface area contributed by atoms with Gasteiger partial charge in [-0.1, -0.05) is 13.8 Å². The normalized spacial score (nSPS) is 25.8. The maximum Gasteiger partial charge on any atom is 0.0207 e. The van der Waals surface area contributed by atoms with Gasteiger partial charge in [-0.15, -0.1) is 0 Å². The van der Waals surface area contributed by atoms with E-state index in [-0.39, 0.29) is 0 Å². The summed E-state index contributed by atoms with van der Waals surface area (Å²) in [5, 5.41) is 3.34. The van der Waals surface area contributed by atoms with E-state index in [0.717, 1.165) is 6.04 Å². The van der Waals surface area contributed by atoms with Crippen molar-refractivity contribution in [3.05, 3.63) is 0 Å². The number of rotatable bonds is 1. The Balaban J connectivity index is 0.000000336. The minimum Gasteiger partial charge on any atom is -0.315 e. The topological polar surface area (TPSA) is 15.3 Å². The van der Waals surface area contributed by atoms with E-state index < -0.39 is 0 Å². The van der Waals surface area contributed by atoms with Crippen LogP contribution in [0.4, 0.5) is 0 Å². The van der Waals surface area contributed by atoms with Crippen molar-refractivity contribution in [2.75, 3.05) is 26.2 Å². The molecule has 1 N–H and O–H groups in total. The van der Waals surface area contributed by atoms with E-state index >= 15 is 0 Å². The molecule has 2 saturated heterocycles. The molecule has 2 fully saturated rings. The molecular formula is C10H22N2. The van der Waals surface area contributed by atoms with Gasteiger partial charge in [0.05, 0.1) is 0 Å². The number of hydrogen-bond donors (Lipinski definition) is 1. The van der Waals surface area contributed by atoms with Crippen LogP contribution in [-0.2, 0) is 0 Å². The Labute approximate surface area is 76.3 Å². The quantitative estimate of drug-likeness (QED) is 0.638. The minimum atomic E-state index is 0.713. The molecule has 1 spiro atoms. The van der Waals surface area contributed by atoms with E-state index in [2.05, 4.69) is 24.1 Å². The lowest BCUT2D eigenvalue weighted by Crippen LogP contribution is -2.72. The number of hydrogen-bond acceptors (Lipinski definition) is 2. The molecule has 0 atom stereocenters. The minimum absolute atomic E-state index is 0.713. The zero-order valence-electron chi connectivity index (χ0n) is 8.85. The third-order valence-corrected chi connectivity index (χ3v) is 2.81. The molecule has 72 valence electrons. The summed E-state index contributed by atoms with van der Waals surface area (Å²) in [6.45, 7) is 13.7. The van der Waals surface area contributed by atoms with Crippen LogP contribution >= 0.6 is 0 Å². The first-order chi connectivity index (χ1) is 5.72. The van der Waals surface area contributed by atoms with Crippen molar-refractivity contribution in [1.82, 2.24) is 10.2 Å². The van der Waals surface area contributed by atoms with Crippen LogP contribution < -0.4 is 5.32 Å². The van der Waals surface area contributed by atoms with E-state index in [9.17, 15) is 0 Å². The molecule has 0 saturated carbocycles. The second-order valence-electron chi connectivity index (χ2n) is 4.10. The predicted molar refractivity (Wildman–Crippen MR) is 53.4 cm³/mol. The summed E-state index contributed by atoms with van der Waals surface area (Å²) in [6, 6.07) is 0.756. The molecule has 12 heavy (non-hydrogen) atoms. The summed E-state index contributed by atoms with van der Waals surface area (Å²) in [5.74, 6) is 0. The summed E-state index contributed by atoms with van der Waals surface area (Å²) in [4.78, 5) is 2.54. The molecule has 2 aliphatic heterocycles. The van der Waals surface area contributed by atoms with Crippen LogP contribution in [-0.4, -0.2) is 37.1 Å². The Morgan fingerprint density at radius 2 is 1.67 bits per heavy atom. The summed E-state index contributed by atoms with van der Waals surface area (Å²) in [7, 11) is 0. The summed E-state index contributed by atoms with van der Waals surface area (Å²) in [6.07, 6.45) is 0. The molecule has 0 aliphatic carbocycles. The van der Waals surface area contributed by atoms with Crippen LogP contribution in [0.2, 0.25) is 0 Å². The average molecular weight is 170 g/mol. The Morgan fingerprint density at radius 1 is 1.17 bits per heavy atom. The van der Waals surface area contributed by atoms with Crippen LogP contribution in [0.1, 0.15) is 27.7 Å². The zero-order valence-corrected chi connectivity index (χ0v) is 8.85. The molecule has 0 aromatic carbocycles. The Morgan fingerprint density at radius 3 is 1.92 bits per heavy atom. The Kier molecular flexibility index (Phi) is 3.13. The molecule has 2 aliphatic rings. The van der Waals surface area contributed by atoms with Crippen LogP contribution in [0.25, 0.3) is 0 Å². The van der Waals surface area contributed by atoms with Gasteiger partial charge in [0.1, 0.15) is 0 Å². The first-order valence-electron chi connectivity index (χ1n) is 5.17. The maximum atomic E-state index is 3.34. The first-order valence-corrected chi connectivity index (χ1v) is 5.17. The van der Waals surface area contributed by atoms with Gasteiger partial charge in [0.15, 0.2) is 0 Å². The molecule has 0 radical (unpaired) electrons. The summed E-state index contributed by atoms with van der Waals surface area (Å²) < 4.78 is 0. The van der Waals surface area contributed by atoms with Gasteiger partial charge in [0.2, 0.25) is 0 Å². The van der Waals surface area contributed by atoms with Crippen molar-refractivity contribution in [2.45, 2.75) is 33.7 Å². The SMILES string of the molecule is CC.CC(C)N1CC2(CNC2)C1. The van der Waals surface area contributed by atoms with Crippen LogP contribution in [0, 0.1) is 5.41 Å². The average Bonchev–Trinajstić information content (AvgIpc) is 1.85. The highest BCUT2D eigenvalue weighted by molar-refractivity contribution is 5.04. The second-order valence-corrected chi connectivity index (χ2v) is 4.10. The highest BCUT2D eigenvalue weighted by Crippen LogP contribution is 2.34. The highest BCUT2D eigenvalue weighted by atomic mass is 15.3. The molecular weight excluding hydrogens is 148 g/mol. The molecule has 2 nitrogen and oxygen atoms in total. The molecule has 0 unspecified atom stereocenters. The fraction of sp³-hybridized carbons (Fsp3) is 1.00. The van der Waals surface area contributed by atoms with Crippen LogP contribution in [0.15, 0.2) is 0 Å². The molecule has 2 rings (SSSR count). The van der Waals surface area contributed by atoms with Gasteiger partial charge < -0.3 is 5.32 Å². The van der Waals surface area contributed by atoms with E-state index in [1.54, 1.807) is 0 Å². The molecule has 0 bridgehead atoms. The largest absolute Gasteiger partial charge is 0.315 e. The monoisotopic (exact) mass is 170 g/mol.